The highest BCUT2D eigenvalue weighted by Crippen LogP contribution is 2.18. The molecule has 2 unspecified atom stereocenters. The van der Waals surface area contributed by atoms with Gasteiger partial charge in [-0.2, -0.15) is 0 Å². The molecule has 0 aliphatic rings. The normalized spacial score (nSPS) is 12.7. The zero-order chi connectivity index (χ0) is 48.4. The van der Waals surface area contributed by atoms with E-state index < -0.39 is 18.1 Å². The summed E-state index contributed by atoms with van der Waals surface area (Å²) in [4.78, 5) is 37.1. The molecule has 0 saturated heterocycles. The number of rotatable bonds is 54. The summed E-state index contributed by atoms with van der Waals surface area (Å²) in [6.45, 7) is 4.74. The largest absolute Gasteiger partial charge is 0.544 e. The van der Waals surface area contributed by atoms with Crippen molar-refractivity contribution in [1.29, 1.82) is 0 Å². The molecule has 0 aromatic rings. The summed E-state index contributed by atoms with van der Waals surface area (Å²) in [7, 11) is 5.44. The summed E-state index contributed by atoms with van der Waals surface area (Å²) in [5.74, 6) is -1.70. The second-order valence-corrected chi connectivity index (χ2v) is 21.3. The van der Waals surface area contributed by atoms with Gasteiger partial charge in [0.1, 0.15) is 12.6 Å². The van der Waals surface area contributed by atoms with Gasteiger partial charge >= 0.3 is 11.9 Å². The van der Waals surface area contributed by atoms with Gasteiger partial charge in [0.25, 0.3) is 0 Å². The Balaban J connectivity index is 4.10. The predicted molar refractivity (Wildman–Crippen MR) is 278 cm³/mol. The van der Waals surface area contributed by atoms with Crippen molar-refractivity contribution < 1.29 is 38.2 Å². The number of ether oxygens (including phenoxy) is 3. The fraction of sp³-hybridized carbons (Fsp3) is 0.948. The Kier molecular flexibility index (Phi) is 48.5. The lowest BCUT2D eigenvalue weighted by Crippen LogP contribution is -2.55. The van der Waals surface area contributed by atoms with E-state index in [-0.39, 0.29) is 42.7 Å². The Morgan fingerprint density at radius 2 is 0.667 bits per heavy atom. The van der Waals surface area contributed by atoms with Crippen LogP contribution in [0.15, 0.2) is 0 Å². The van der Waals surface area contributed by atoms with Crippen LogP contribution >= 0.6 is 0 Å². The Hall–Kier alpha value is -1.67. The first-order chi connectivity index (χ1) is 32.1. The Morgan fingerprint density at radius 3 is 0.939 bits per heavy atom. The zero-order valence-corrected chi connectivity index (χ0v) is 44.9. The Bertz CT molecular complexity index is 1050. The number of quaternary nitrogens is 1. The van der Waals surface area contributed by atoms with Crippen LogP contribution in [0.2, 0.25) is 0 Å². The predicted octanol–water partition coefficient (Wildman–Crippen LogP) is 15.9. The molecule has 0 bridgehead atoms. The number of unbranched alkanes of at least 4 members (excludes halogenated alkanes) is 40. The lowest BCUT2D eigenvalue weighted by Gasteiger charge is -2.34. The van der Waals surface area contributed by atoms with Gasteiger partial charge in [-0.1, -0.05) is 271 Å². The third-order valence-corrected chi connectivity index (χ3v) is 13.7. The smallest absolute Gasteiger partial charge is 0.306 e. The number of carboxylic acids is 1. The monoisotopic (exact) mass is 936 g/mol. The van der Waals surface area contributed by atoms with Crippen molar-refractivity contribution in [3.05, 3.63) is 0 Å². The highest BCUT2D eigenvalue weighted by Gasteiger charge is 2.25. The molecule has 0 aliphatic carbocycles. The summed E-state index contributed by atoms with van der Waals surface area (Å²) in [6.07, 6.45) is 55.7. The maximum absolute atomic E-state index is 12.8. The molecule has 0 radical (unpaired) electrons. The van der Waals surface area contributed by atoms with Gasteiger partial charge in [-0.25, -0.2) is 0 Å². The molecule has 0 aromatic carbocycles. The third-order valence-electron chi connectivity index (χ3n) is 13.7. The van der Waals surface area contributed by atoms with Gasteiger partial charge in [0.2, 0.25) is 0 Å². The van der Waals surface area contributed by atoms with Gasteiger partial charge in [0.05, 0.1) is 40.3 Å². The van der Waals surface area contributed by atoms with Crippen molar-refractivity contribution in [3.8, 4) is 0 Å². The standard InChI is InChI=1S/C58H113NO7/c1-6-8-10-12-14-16-18-20-22-24-26-28-29-31-32-34-36-38-40-42-44-46-48-56(60)65-53-54(52-64-51-50-55(58(62)63)59(3,4)5)66-57(61)49-47-45-43-41-39-37-35-33-30-27-25-23-21-19-17-15-13-11-9-7-2/h54-55H,6-53H2,1-5H3. The first kappa shape index (κ1) is 64.3. The lowest BCUT2D eigenvalue weighted by atomic mass is 10.0. The van der Waals surface area contributed by atoms with E-state index in [2.05, 4.69) is 13.8 Å². The van der Waals surface area contributed by atoms with Crippen LogP contribution in [0.25, 0.3) is 0 Å². The molecule has 0 N–H and O–H groups in total. The first-order valence-electron chi connectivity index (χ1n) is 29.1. The van der Waals surface area contributed by atoms with Gasteiger partial charge in [0.15, 0.2) is 6.10 Å². The zero-order valence-electron chi connectivity index (χ0n) is 44.9. The van der Waals surface area contributed by atoms with Crippen LogP contribution < -0.4 is 5.11 Å². The van der Waals surface area contributed by atoms with Gasteiger partial charge in [-0.3, -0.25) is 9.59 Å². The van der Waals surface area contributed by atoms with E-state index in [0.29, 0.717) is 12.8 Å². The fourth-order valence-corrected chi connectivity index (χ4v) is 9.25. The van der Waals surface area contributed by atoms with Gasteiger partial charge in [-0.15, -0.1) is 0 Å². The highest BCUT2D eigenvalue weighted by atomic mass is 16.6. The summed E-state index contributed by atoms with van der Waals surface area (Å²) in [5.41, 5.74) is 0. The van der Waals surface area contributed by atoms with Crippen LogP contribution in [0.5, 0.6) is 0 Å². The van der Waals surface area contributed by atoms with E-state index in [9.17, 15) is 19.5 Å². The van der Waals surface area contributed by atoms with Crippen LogP contribution in [0, 0.1) is 0 Å². The average molecular weight is 937 g/mol. The molecular formula is C58H113NO7. The summed E-state index contributed by atoms with van der Waals surface area (Å²) >= 11 is 0. The van der Waals surface area contributed by atoms with E-state index in [1.807, 2.05) is 21.1 Å². The number of likely N-dealkylation sites (N-methyl/N-ethyl adjacent to an activating group) is 1. The number of hydrogen-bond donors (Lipinski definition) is 0. The third kappa shape index (κ3) is 47.4. The fourth-order valence-electron chi connectivity index (χ4n) is 9.25. The summed E-state index contributed by atoms with van der Waals surface area (Å²) in [6, 6.07) is -0.721. The molecule has 0 fully saturated rings. The first-order valence-corrected chi connectivity index (χ1v) is 29.1. The number of hydrogen-bond acceptors (Lipinski definition) is 7. The SMILES string of the molecule is CCCCCCCCCCCCCCCCCCCCCCCCC(=O)OCC(COCCC(C(=O)[O-])[N+](C)(C)C)OC(=O)CCCCCCCCCCCCCCCCCCCCCC. The van der Waals surface area contributed by atoms with Gasteiger partial charge in [-0.05, 0) is 12.8 Å². The molecule has 0 heterocycles. The Morgan fingerprint density at radius 1 is 0.394 bits per heavy atom. The van der Waals surface area contributed by atoms with Crippen molar-refractivity contribution in [1.82, 2.24) is 0 Å². The second kappa shape index (κ2) is 49.7. The minimum Gasteiger partial charge on any atom is -0.544 e. The molecule has 0 rings (SSSR count). The van der Waals surface area contributed by atoms with E-state index >= 15 is 0 Å². The van der Waals surface area contributed by atoms with Gasteiger partial charge < -0.3 is 28.6 Å². The number of carboxylic acid groups (broad SMARTS) is 1. The number of aliphatic carboxylic acids is 1. The molecular weight excluding hydrogens is 823 g/mol. The molecule has 66 heavy (non-hydrogen) atoms. The molecule has 8 nitrogen and oxygen atoms in total. The molecule has 2 atom stereocenters. The molecule has 0 saturated carbocycles. The molecule has 8 heteroatoms. The van der Waals surface area contributed by atoms with Crippen LogP contribution in [-0.4, -0.2) is 75.5 Å². The highest BCUT2D eigenvalue weighted by molar-refractivity contribution is 5.70. The minimum atomic E-state index is -1.12. The van der Waals surface area contributed by atoms with E-state index in [4.69, 9.17) is 14.2 Å². The lowest BCUT2D eigenvalue weighted by molar-refractivity contribution is -0.889. The molecule has 0 aliphatic heterocycles. The summed E-state index contributed by atoms with van der Waals surface area (Å²) in [5, 5.41) is 11.7. The topological polar surface area (TPSA) is 102 Å². The Labute approximate surface area is 410 Å². The number of nitrogens with zero attached hydrogens (tertiary/aromatic N) is 1. The number of carbonyl (C=O) groups is 3. The van der Waals surface area contributed by atoms with Crippen molar-refractivity contribution in [2.75, 3.05) is 41.0 Å². The molecule has 0 amide bonds. The van der Waals surface area contributed by atoms with Crippen LogP contribution in [-0.2, 0) is 28.6 Å². The van der Waals surface area contributed by atoms with Gasteiger partial charge in [0, 0.05) is 19.3 Å². The quantitative estimate of drug-likeness (QED) is 0.0340. The van der Waals surface area contributed by atoms with E-state index in [1.54, 1.807) is 0 Å². The summed E-state index contributed by atoms with van der Waals surface area (Å²) < 4.78 is 17.3. The average Bonchev–Trinajstić information content (AvgIpc) is 3.28. The van der Waals surface area contributed by atoms with E-state index in [1.165, 1.54) is 231 Å². The van der Waals surface area contributed by atoms with Crippen molar-refractivity contribution in [3.63, 3.8) is 0 Å². The maximum atomic E-state index is 12.8. The van der Waals surface area contributed by atoms with E-state index in [0.717, 1.165) is 38.5 Å². The van der Waals surface area contributed by atoms with Crippen molar-refractivity contribution in [2.24, 2.45) is 0 Å². The maximum Gasteiger partial charge on any atom is 0.306 e. The minimum absolute atomic E-state index is 0.0502. The molecule has 0 spiro atoms. The van der Waals surface area contributed by atoms with Crippen LogP contribution in [0.1, 0.15) is 303 Å². The molecule has 392 valence electrons. The number of esters is 2. The molecule has 0 aromatic heterocycles. The van der Waals surface area contributed by atoms with Crippen molar-refractivity contribution >= 4 is 17.9 Å². The van der Waals surface area contributed by atoms with Crippen LogP contribution in [0.4, 0.5) is 0 Å². The van der Waals surface area contributed by atoms with Crippen LogP contribution in [0.3, 0.4) is 0 Å². The second-order valence-electron chi connectivity index (χ2n) is 21.3. The number of carbonyl (C=O) groups excluding carboxylic acids is 3. The van der Waals surface area contributed by atoms with Crippen molar-refractivity contribution in [2.45, 2.75) is 315 Å².